The van der Waals surface area contributed by atoms with Gasteiger partial charge in [-0.2, -0.15) is 0 Å². The average molecular weight is 260 g/mol. The Morgan fingerprint density at radius 2 is 1.74 bits per heavy atom. The summed E-state index contributed by atoms with van der Waals surface area (Å²) in [5.41, 5.74) is 2.94. The zero-order valence-electron chi connectivity index (χ0n) is 10.4. The second kappa shape index (κ2) is 6.14. The maximum atomic E-state index is 12.1. The van der Waals surface area contributed by atoms with Gasteiger partial charge in [0.1, 0.15) is 12.4 Å². The molecule has 0 saturated heterocycles. The molecule has 3 heteroatoms. The largest absolute Gasteiger partial charge is 0.488 e. The fourth-order valence-corrected chi connectivity index (χ4v) is 1.77. The standard InChI is InChI=1S/C16H14F2O/c1-2-12-5-3-6-13(9-12)14-7-4-8-15(10-14)19-11-16(17)18/h2-10,16H,1,11H2. The Hall–Kier alpha value is -2.16. The zero-order chi connectivity index (χ0) is 13.7. The first-order valence-electron chi connectivity index (χ1n) is 5.93. The van der Waals surface area contributed by atoms with Gasteiger partial charge in [0.15, 0.2) is 0 Å². The molecular formula is C16H14F2O. The number of ether oxygens (including phenoxy) is 1. The molecule has 2 aromatic carbocycles. The zero-order valence-corrected chi connectivity index (χ0v) is 10.4. The molecule has 0 aromatic heterocycles. The van der Waals surface area contributed by atoms with E-state index in [1.54, 1.807) is 24.3 Å². The highest BCUT2D eigenvalue weighted by molar-refractivity contribution is 5.68. The molecule has 0 unspecified atom stereocenters. The summed E-state index contributed by atoms with van der Waals surface area (Å²) in [6.07, 6.45) is -0.701. The van der Waals surface area contributed by atoms with Crippen LogP contribution < -0.4 is 4.74 Å². The van der Waals surface area contributed by atoms with Crippen LogP contribution in [0, 0.1) is 0 Å². The van der Waals surface area contributed by atoms with Crippen LogP contribution >= 0.6 is 0 Å². The molecule has 0 radical (unpaired) electrons. The molecule has 0 atom stereocenters. The summed E-state index contributed by atoms with van der Waals surface area (Å²) >= 11 is 0. The molecule has 0 aliphatic rings. The molecule has 2 rings (SSSR count). The van der Waals surface area contributed by atoms with Crippen molar-refractivity contribution in [3.05, 3.63) is 60.7 Å². The van der Waals surface area contributed by atoms with Crippen LogP contribution in [0.5, 0.6) is 5.75 Å². The summed E-state index contributed by atoms with van der Waals surface area (Å²) < 4.78 is 29.2. The highest BCUT2D eigenvalue weighted by atomic mass is 19.3. The summed E-state index contributed by atoms with van der Waals surface area (Å²) in [4.78, 5) is 0. The lowest BCUT2D eigenvalue weighted by Gasteiger charge is -2.08. The fourth-order valence-electron chi connectivity index (χ4n) is 1.77. The average Bonchev–Trinajstić information content (AvgIpc) is 2.45. The Morgan fingerprint density at radius 3 is 2.42 bits per heavy atom. The van der Waals surface area contributed by atoms with Crippen molar-refractivity contribution in [3.63, 3.8) is 0 Å². The highest BCUT2D eigenvalue weighted by Gasteiger charge is 2.05. The Kier molecular flexibility index (Phi) is 4.29. The normalized spacial score (nSPS) is 10.5. The van der Waals surface area contributed by atoms with Gasteiger partial charge in [-0.3, -0.25) is 0 Å². The summed E-state index contributed by atoms with van der Waals surface area (Å²) in [6, 6.07) is 15.0. The number of halogens is 2. The lowest BCUT2D eigenvalue weighted by Crippen LogP contribution is -2.06. The van der Waals surface area contributed by atoms with Gasteiger partial charge in [-0.25, -0.2) is 8.78 Å². The van der Waals surface area contributed by atoms with E-state index in [0.717, 1.165) is 16.7 Å². The van der Waals surface area contributed by atoms with E-state index < -0.39 is 13.0 Å². The first-order valence-corrected chi connectivity index (χ1v) is 5.93. The van der Waals surface area contributed by atoms with Crippen molar-refractivity contribution in [3.8, 4) is 16.9 Å². The van der Waals surface area contributed by atoms with Crippen molar-refractivity contribution in [2.45, 2.75) is 6.43 Å². The number of rotatable bonds is 5. The van der Waals surface area contributed by atoms with Crippen molar-refractivity contribution in [2.75, 3.05) is 6.61 Å². The van der Waals surface area contributed by atoms with Gasteiger partial charge in [-0.05, 0) is 34.9 Å². The molecule has 0 heterocycles. The minimum Gasteiger partial charge on any atom is -0.488 e. The van der Waals surface area contributed by atoms with Crippen molar-refractivity contribution in [1.82, 2.24) is 0 Å². The van der Waals surface area contributed by atoms with E-state index in [1.807, 2.05) is 30.3 Å². The van der Waals surface area contributed by atoms with E-state index in [0.29, 0.717) is 5.75 Å². The van der Waals surface area contributed by atoms with Gasteiger partial charge in [0, 0.05) is 0 Å². The number of hydrogen-bond donors (Lipinski definition) is 0. The third kappa shape index (κ3) is 3.65. The minimum atomic E-state index is -2.47. The number of alkyl halides is 2. The maximum absolute atomic E-state index is 12.1. The van der Waals surface area contributed by atoms with Crippen molar-refractivity contribution in [1.29, 1.82) is 0 Å². The molecule has 19 heavy (non-hydrogen) atoms. The molecule has 0 aliphatic heterocycles. The predicted octanol–water partition coefficient (Wildman–Crippen LogP) is 4.64. The van der Waals surface area contributed by atoms with E-state index in [4.69, 9.17) is 4.74 Å². The Bertz CT molecular complexity index is 564. The van der Waals surface area contributed by atoms with Crippen molar-refractivity contribution in [2.24, 2.45) is 0 Å². The van der Waals surface area contributed by atoms with Gasteiger partial charge < -0.3 is 4.74 Å². The highest BCUT2D eigenvalue weighted by Crippen LogP contribution is 2.25. The Morgan fingerprint density at radius 1 is 1.05 bits per heavy atom. The SMILES string of the molecule is C=Cc1cccc(-c2cccc(OCC(F)F)c2)c1. The van der Waals surface area contributed by atoms with Gasteiger partial charge in [0.2, 0.25) is 0 Å². The predicted molar refractivity (Wildman–Crippen MR) is 73.5 cm³/mol. The van der Waals surface area contributed by atoms with Crippen LogP contribution in [-0.2, 0) is 0 Å². The molecule has 2 aromatic rings. The first-order chi connectivity index (χ1) is 9.19. The maximum Gasteiger partial charge on any atom is 0.272 e. The van der Waals surface area contributed by atoms with E-state index >= 15 is 0 Å². The molecule has 0 N–H and O–H groups in total. The molecule has 0 saturated carbocycles. The van der Waals surface area contributed by atoms with Crippen LogP contribution in [0.2, 0.25) is 0 Å². The van der Waals surface area contributed by atoms with Gasteiger partial charge in [0.05, 0.1) is 0 Å². The molecule has 0 bridgehead atoms. The van der Waals surface area contributed by atoms with E-state index in [9.17, 15) is 8.78 Å². The summed E-state index contributed by atoms with van der Waals surface area (Å²) in [5.74, 6) is 0.446. The quantitative estimate of drug-likeness (QED) is 0.761. The molecule has 0 aliphatic carbocycles. The topological polar surface area (TPSA) is 9.23 Å². The second-order valence-electron chi connectivity index (χ2n) is 4.06. The molecule has 0 spiro atoms. The van der Waals surface area contributed by atoms with Crippen molar-refractivity contribution >= 4 is 6.08 Å². The summed E-state index contributed by atoms with van der Waals surface area (Å²) in [7, 11) is 0. The molecule has 1 nitrogen and oxygen atoms in total. The summed E-state index contributed by atoms with van der Waals surface area (Å²) in [5, 5.41) is 0. The van der Waals surface area contributed by atoms with Gasteiger partial charge in [0.25, 0.3) is 6.43 Å². The van der Waals surface area contributed by atoms with E-state index in [1.165, 1.54) is 0 Å². The first kappa shape index (κ1) is 13.3. The van der Waals surface area contributed by atoms with Crippen LogP contribution in [-0.4, -0.2) is 13.0 Å². The molecular weight excluding hydrogens is 246 g/mol. The van der Waals surface area contributed by atoms with E-state index in [-0.39, 0.29) is 0 Å². The second-order valence-corrected chi connectivity index (χ2v) is 4.06. The van der Waals surface area contributed by atoms with Crippen LogP contribution in [0.25, 0.3) is 17.2 Å². The van der Waals surface area contributed by atoms with E-state index in [2.05, 4.69) is 6.58 Å². The lowest BCUT2D eigenvalue weighted by molar-refractivity contribution is 0.0819. The van der Waals surface area contributed by atoms with Gasteiger partial charge in [-0.15, -0.1) is 0 Å². The fraction of sp³-hybridized carbons (Fsp3) is 0.125. The lowest BCUT2D eigenvalue weighted by atomic mass is 10.0. The minimum absolute atomic E-state index is 0.446. The molecule has 0 fully saturated rings. The molecule has 0 amide bonds. The third-order valence-corrected chi connectivity index (χ3v) is 2.67. The number of benzene rings is 2. The van der Waals surface area contributed by atoms with Gasteiger partial charge in [-0.1, -0.05) is 43.0 Å². The molecule has 98 valence electrons. The third-order valence-electron chi connectivity index (χ3n) is 2.67. The van der Waals surface area contributed by atoms with Gasteiger partial charge >= 0.3 is 0 Å². The van der Waals surface area contributed by atoms with Crippen LogP contribution in [0.4, 0.5) is 8.78 Å². The number of hydrogen-bond acceptors (Lipinski definition) is 1. The van der Waals surface area contributed by atoms with Crippen molar-refractivity contribution < 1.29 is 13.5 Å². The monoisotopic (exact) mass is 260 g/mol. The Labute approximate surface area is 111 Å². The van der Waals surface area contributed by atoms with Crippen LogP contribution in [0.1, 0.15) is 5.56 Å². The smallest absolute Gasteiger partial charge is 0.272 e. The summed E-state index contributed by atoms with van der Waals surface area (Å²) in [6.45, 7) is 3.14. The van der Waals surface area contributed by atoms with Crippen LogP contribution in [0.15, 0.2) is 55.1 Å². The van der Waals surface area contributed by atoms with Crippen LogP contribution in [0.3, 0.4) is 0 Å². The Balaban J connectivity index is 2.24.